The second-order valence-corrected chi connectivity index (χ2v) is 4.40. The topological polar surface area (TPSA) is 55.4 Å². The molecule has 0 saturated heterocycles. The van der Waals surface area contributed by atoms with Gasteiger partial charge in [0.2, 0.25) is 0 Å². The summed E-state index contributed by atoms with van der Waals surface area (Å²) in [5, 5.41) is 2.51. The number of rotatable bonds is 5. The van der Waals surface area contributed by atoms with E-state index < -0.39 is 11.7 Å². The van der Waals surface area contributed by atoms with Crippen molar-refractivity contribution >= 4 is 17.4 Å². The van der Waals surface area contributed by atoms with E-state index in [-0.39, 0.29) is 12.4 Å². The first-order chi connectivity index (χ1) is 10.1. The van der Waals surface area contributed by atoms with Crippen LogP contribution in [0.3, 0.4) is 0 Å². The highest BCUT2D eigenvalue weighted by Crippen LogP contribution is 2.18. The van der Waals surface area contributed by atoms with Crippen molar-refractivity contribution in [3.8, 4) is 5.75 Å². The summed E-state index contributed by atoms with van der Waals surface area (Å²) in [6.07, 6.45) is 0. The molecule has 5 heteroatoms. The maximum atomic E-state index is 13.0. The molecule has 0 aliphatic rings. The van der Waals surface area contributed by atoms with Crippen LogP contribution >= 0.6 is 0 Å². The van der Waals surface area contributed by atoms with Gasteiger partial charge in [-0.25, -0.2) is 4.39 Å². The molecular weight excluding hydrogens is 273 g/mol. The summed E-state index contributed by atoms with van der Waals surface area (Å²) in [4.78, 5) is 23.2. The van der Waals surface area contributed by atoms with Crippen LogP contribution in [-0.4, -0.2) is 18.3 Å². The molecule has 0 unspecified atom stereocenters. The van der Waals surface area contributed by atoms with Gasteiger partial charge in [-0.15, -0.1) is 0 Å². The third kappa shape index (κ3) is 4.14. The number of carbonyl (C=O) groups is 2. The Morgan fingerprint density at radius 1 is 1.14 bits per heavy atom. The van der Waals surface area contributed by atoms with Gasteiger partial charge in [0.15, 0.2) is 12.4 Å². The number of benzene rings is 2. The lowest BCUT2D eigenvalue weighted by Crippen LogP contribution is -2.20. The Bertz CT molecular complexity index is 670. The lowest BCUT2D eigenvalue weighted by molar-refractivity contribution is -0.118. The van der Waals surface area contributed by atoms with Crippen molar-refractivity contribution in [3.05, 3.63) is 59.9 Å². The van der Waals surface area contributed by atoms with E-state index in [1.807, 2.05) is 0 Å². The fourth-order valence-electron chi connectivity index (χ4n) is 1.79. The molecule has 1 amide bonds. The lowest BCUT2D eigenvalue weighted by Gasteiger charge is -2.10. The molecule has 2 aromatic carbocycles. The number of ether oxygens (including phenoxy) is 1. The van der Waals surface area contributed by atoms with Crippen LogP contribution in [0, 0.1) is 5.82 Å². The van der Waals surface area contributed by atoms with E-state index in [1.165, 1.54) is 25.1 Å². The van der Waals surface area contributed by atoms with Gasteiger partial charge < -0.3 is 10.1 Å². The molecule has 4 nitrogen and oxygen atoms in total. The number of para-hydroxylation sites is 1. The highest BCUT2D eigenvalue weighted by Gasteiger charge is 2.10. The molecule has 0 heterocycles. The molecule has 0 saturated carbocycles. The van der Waals surface area contributed by atoms with Crippen LogP contribution in [0.2, 0.25) is 0 Å². The Kier molecular flexibility index (Phi) is 4.66. The fourth-order valence-corrected chi connectivity index (χ4v) is 1.79. The first-order valence-electron chi connectivity index (χ1n) is 6.34. The molecule has 0 bridgehead atoms. The van der Waals surface area contributed by atoms with E-state index in [0.717, 1.165) is 0 Å². The number of ketones is 1. The average Bonchev–Trinajstić information content (AvgIpc) is 2.45. The second-order valence-electron chi connectivity index (χ2n) is 4.40. The van der Waals surface area contributed by atoms with Crippen molar-refractivity contribution in [2.75, 3.05) is 11.9 Å². The van der Waals surface area contributed by atoms with Crippen molar-refractivity contribution in [1.29, 1.82) is 0 Å². The molecule has 2 aromatic rings. The molecule has 108 valence electrons. The molecule has 0 atom stereocenters. The summed E-state index contributed by atoms with van der Waals surface area (Å²) in [5.74, 6) is -0.662. The Morgan fingerprint density at radius 2 is 1.90 bits per heavy atom. The summed E-state index contributed by atoms with van der Waals surface area (Å²) >= 11 is 0. The van der Waals surface area contributed by atoms with Crippen LogP contribution in [0.4, 0.5) is 10.1 Å². The second kappa shape index (κ2) is 6.65. The number of anilines is 1. The molecule has 0 spiro atoms. The average molecular weight is 287 g/mol. The lowest BCUT2D eigenvalue weighted by atomic mass is 10.1. The first kappa shape index (κ1) is 14.7. The Hall–Kier alpha value is -2.69. The zero-order valence-electron chi connectivity index (χ0n) is 11.4. The third-order valence-electron chi connectivity index (χ3n) is 2.73. The van der Waals surface area contributed by atoms with Gasteiger partial charge in [0.1, 0.15) is 11.6 Å². The summed E-state index contributed by atoms with van der Waals surface area (Å²) in [7, 11) is 0. The zero-order valence-corrected chi connectivity index (χ0v) is 11.4. The third-order valence-corrected chi connectivity index (χ3v) is 2.73. The standard InChI is InChI=1S/C16H14FNO3/c1-11(19)14-7-2-3-8-15(14)21-10-16(20)18-13-6-4-5-12(17)9-13/h2-9H,10H2,1H3,(H,18,20). The molecular formula is C16H14FNO3. The predicted molar refractivity (Wildman–Crippen MR) is 77.0 cm³/mol. The number of nitrogens with one attached hydrogen (secondary N) is 1. The number of amides is 1. The molecule has 0 aromatic heterocycles. The van der Waals surface area contributed by atoms with Gasteiger partial charge in [0, 0.05) is 5.69 Å². The minimum absolute atomic E-state index is 0.142. The Morgan fingerprint density at radius 3 is 2.62 bits per heavy atom. The van der Waals surface area contributed by atoms with Gasteiger partial charge in [-0.05, 0) is 37.3 Å². The van der Waals surface area contributed by atoms with Crippen molar-refractivity contribution in [3.63, 3.8) is 0 Å². The Balaban J connectivity index is 1.97. The Labute approximate surface area is 121 Å². The summed E-state index contributed by atoms with van der Waals surface area (Å²) in [6.45, 7) is 1.16. The van der Waals surface area contributed by atoms with Crippen LogP contribution in [0.15, 0.2) is 48.5 Å². The summed E-state index contributed by atoms with van der Waals surface area (Å²) in [5.41, 5.74) is 0.763. The fraction of sp³-hybridized carbons (Fsp3) is 0.125. The van der Waals surface area contributed by atoms with E-state index in [4.69, 9.17) is 4.74 Å². The molecule has 1 N–H and O–H groups in total. The van der Waals surface area contributed by atoms with E-state index in [9.17, 15) is 14.0 Å². The van der Waals surface area contributed by atoms with Crippen LogP contribution in [-0.2, 0) is 4.79 Å². The first-order valence-corrected chi connectivity index (χ1v) is 6.34. The van der Waals surface area contributed by atoms with Crippen LogP contribution in [0.25, 0.3) is 0 Å². The monoisotopic (exact) mass is 287 g/mol. The molecule has 2 rings (SSSR count). The van der Waals surface area contributed by atoms with Gasteiger partial charge in [0.25, 0.3) is 5.91 Å². The number of carbonyl (C=O) groups excluding carboxylic acids is 2. The summed E-state index contributed by atoms with van der Waals surface area (Å²) < 4.78 is 18.3. The van der Waals surface area contributed by atoms with Gasteiger partial charge in [-0.2, -0.15) is 0 Å². The normalized spacial score (nSPS) is 10.0. The highest BCUT2D eigenvalue weighted by atomic mass is 19.1. The van der Waals surface area contributed by atoms with Crippen LogP contribution < -0.4 is 10.1 Å². The van der Waals surface area contributed by atoms with E-state index in [1.54, 1.807) is 30.3 Å². The van der Waals surface area contributed by atoms with Gasteiger partial charge >= 0.3 is 0 Å². The number of hydrogen-bond acceptors (Lipinski definition) is 3. The molecule has 0 aliphatic heterocycles. The molecule has 21 heavy (non-hydrogen) atoms. The summed E-state index contributed by atoms with van der Waals surface area (Å²) in [6, 6.07) is 12.2. The quantitative estimate of drug-likeness (QED) is 0.860. The SMILES string of the molecule is CC(=O)c1ccccc1OCC(=O)Nc1cccc(F)c1. The predicted octanol–water partition coefficient (Wildman–Crippen LogP) is 3.05. The van der Waals surface area contributed by atoms with E-state index in [0.29, 0.717) is 17.0 Å². The smallest absolute Gasteiger partial charge is 0.262 e. The minimum atomic E-state index is -0.435. The number of Topliss-reactive ketones (excluding diaryl/α,β-unsaturated/α-hetero) is 1. The highest BCUT2D eigenvalue weighted by molar-refractivity contribution is 5.97. The van der Waals surface area contributed by atoms with Crippen molar-refractivity contribution in [2.24, 2.45) is 0 Å². The van der Waals surface area contributed by atoms with Gasteiger partial charge in [0.05, 0.1) is 5.56 Å². The van der Waals surface area contributed by atoms with E-state index >= 15 is 0 Å². The van der Waals surface area contributed by atoms with Gasteiger partial charge in [-0.3, -0.25) is 9.59 Å². The molecule has 0 fully saturated rings. The van der Waals surface area contributed by atoms with Crippen molar-refractivity contribution in [2.45, 2.75) is 6.92 Å². The van der Waals surface area contributed by atoms with Crippen molar-refractivity contribution < 1.29 is 18.7 Å². The van der Waals surface area contributed by atoms with E-state index in [2.05, 4.69) is 5.32 Å². The zero-order chi connectivity index (χ0) is 15.2. The van der Waals surface area contributed by atoms with Crippen molar-refractivity contribution in [1.82, 2.24) is 0 Å². The molecule has 0 radical (unpaired) electrons. The minimum Gasteiger partial charge on any atom is -0.483 e. The largest absolute Gasteiger partial charge is 0.483 e. The van der Waals surface area contributed by atoms with Gasteiger partial charge in [-0.1, -0.05) is 18.2 Å². The number of hydrogen-bond donors (Lipinski definition) is 1. The maximum absolute atomic E-state index is 13.0. The molecule has 0 aliphatic carbocycles. The maximum Gasteiger partial charge on any atom is 0.262 e. The van der Waals surface area contributed by atoms with Crippen LogP contribution in [0.1, 0.15) is 17.3 Å². The van der Waals surface area contributed by atoms with Crippen LogP contribution in [0.5, 0.6) is 5.75 Å². The number of halogens is 1.